The van der Waals surface area contributed by atoms with Gasteiger partial charge in [-0.05, 0) is 60.9 Å². The summed E-state index contributed by atoms with van der Waals surface area (Å²) in [6, 6.07) is 10.6. The molecule has 0 heterocycles. The normalized spacial score (nSPS) is 15.2. The molecule has 0 spiro atoms. The number of carbonyl (C=O) groups is 1. The Labute approximate surface area is 135 Å². The summed E-state index contributed by atoms with van der Waals surface area (Å²) in [6.45, 7) is 0. The lowest BCUT2D eigenvalue weighted by Crippen LogP contribution is -2.17. The van der Waals surface area contributed by atoms with Crippen LogP contribution in [0.3, 0.4) is 0 Å². The van der Waals surface area contributed by atoms with Gasteiger partial charge in [-0.2, -0.15) is 0 Å². The molecule has 0 bridgehead atoms. The number of fused-ring (bicyclic) bond motifs is 1. The maximum atomic E-state index is 12.2. The van der Waals surface area contributed by atoms with Crippen molar-refractivity contribution in [3.63, 3.8) is 0 Å². The molecule has 7 heteroatoms. The smallest absolute Gasteiger partial charge is 0.406 e. The predicted molar refractivity (Wildman–Crippen MR) is 80.4 cm³/mol. The third-order valence-electron chi connectivity index (χ3n) is 3.53. The highest BCUT2D eigenvalue weighted by Gasteiger charge is 2.31. The number of halogens is 3. The molecule has 0 saturated heterocycles. The van der Waals surface area contributed by atoms with E-state index < -0.39 is 6.36 Å². The van der Waals surface area contributed by atoms with Crippen LogP contribution in [0, 0.1) is 0 Å². The highest BCUT2D eigenvalue weighted by Crippen LogP contribution is 2.30. The minimum atomic E-state index is -4.71. The number of oxime groups is 1. The number of hydrogen-bond donors (Lipinski definition) is 0. The van der Waals surface area contributed by atoms with Crippen LogP contribution in [0.1, 0.15) is 27.9 Å². The van der Waals surface area contributed by atoms with E-state index in [-0.39, 0.29) is 5.75 Å². The molecular formula is C17H12F3NO3. The van der Waals surface area contributed by atoms with Crippen LogP contribution in [-0.4, -0.2) is 18.4 Å². The van der Waals surface area contributed by atoms with Gasteiger partial charge < -0.3 is 9.57 Å². The number of rotatable bonds is 4. The van der Waals surface area contributed by atoms with Gasteiger partial charge in [-0.1, -0.05) is 5.16 Å². The zero-order valence-corrected chi connectivity index (χ0v) is 12.3. The van der Waals surface area contributed by atoms with Crippen molar-refractivity contribution in [3.8, 4) is 11.5 Å². The SMILES string of the molecule is O=Cc1ccc(ON=C2CCc3cc(OC(F)(F)F)ccc32)cc1. The second kappa shape index (κ2) is 6.35. The third kappa shape index (κ3) is 3.73. The summed E-state index contributed by atoms with van der Waals surface area (Å²) in [7, 11) is 0. The molecule has 3 rings (SSSR count). The first-order valence-corrected chi connectivity index (χ1v) is 7.13. The van der Waals surface area contributed by atoms with Crippen molar-refractivity contribution in [1.29, 1.82) is 0 Å². The highest BCUT2D eigenvalue weighted by molar-refractivity contribution is 6.04. The van der Waals surface area contributed by atoms with Crippen LogP contribution >= 0.6 is 0 Å². The number of ether oxygens (including phenoxy) is 1. The maximum Gasteiger partial charge on any atom is 0.573 e. The fraction of sp³-hybridized carbons (Fsp3) is 0.176. The molecule has 2 aromatic carbocycles. The minimum Gasteiger partial charge on any atom is -0.406 e. The lowest BCUT2D eigenvalue weighted by molar-refractivity contribution is -0.274. The van der Waals surface area contributed by atoms with E-state index in [4.69, 9.17) is 4.84 Å². The Morgan fingerprint density at radius 2 is 1.71 bits per heavy atom. The van der Waals surface area contributed by atoms with E-state index in [2.05, 4.69) is 9.89 Å². The molecule has 2 aromatic rings. The Balaban J connectivity index is 1.74. The van der Waals surface area contributed by atoms with E-state index in [1.165, 1.54) is 12.1 Å². The molecule has 1 aliphatic rings. The van der Waals surface area contributed by atoms with Gasteiger partial charge in [0.25, 0.3) is 0 Å². The quantitative estimate of drug-likeness (QED) is 0.623. The van der Waals surface area contributed by atoms with E-state index >= 15 is 0 Å². The summed E-state index contributed by atoms with van der Waals surface area (Å²) >= 11 is 0. The van der Waals surface area contributed by atoms with E-state index in [0.29, 0.717) is 29.9 Å². The topological polar surface area (TPSA) is 47.9 Å². The van der Waals surface area contributed by atoms with Crippen molar-refractivity contribution < 1.29 is 27.5 Å². The van der Waals surface area contributed by atoms with Gasteiger partial charge in [-0.25, -0.2) is 0 Å². The molecule has 4 nitrogen and oxygen atoms in total. The number of hydrogen-bond acceptors (Lipinski definition) is 4. The van der Waals surface area contributed by atoms with Crippen LogP contribution in [0.4, 0.5) is 13.2 Å². The van der Waals surface area contributed by atoms with Gasteiger partial charge in [-0.3, -0.25) is 4.79 Å². The fourth-order valence-corrected chi connectivity index (χ4v) is 2.45. The molecule has 0 fully saturated rings. The first-order valence-electron chi connectivity index (χ1n) is 7.13. The van der Waals surface area contributed by atoms with Crippen molar-refractivity contribution in [1.82, 2.24) is 0 Å². The van der Waals surface area contributed by atoms with E-state index in [0.717, 1.165) is 17.4 Å². The fourth-order valence-electron chi connectivity index (χ4n) is 2.45. The van der Waals surface area contributed by atoms with Crippen molar-refractivity contribution in [3.05, 3.63) is 59.2 Å². The second-order valence-corrected chi connectivity index (χ2v) is 5.18. The molecule has 0 unspecified atom stereocenters. The Morgan fingerprint density at radius 3 is 2.38 bits per heavy atom. The Bertz CT molecular complexity index is 783. The third-order valence-corrected chi connectivity index (χ3v) is 3.53. The van der Waals surface area contributed by atoms with Crippen LogP contribution < -0.4 is 9.57 Å². The van der Waals surface area contributed by atoms with Crippen molar-refractivity contribution in [2.24, 2.45) is 5.16 Å². The van der Waals surface area contributed by atoms with E-state index in [1.54, 1.807) is 30.3 Å². The molecule has 24 heavy (non-hydrogen) atoms. The van der Waals surface area contributed by atoms with Gasteiger partial charge in [0.05, 0.1) is 5.71 Å². The summed E-state index contributed by atoms with van der Waals surface area (Å²) in [4.78, 5) is 15.9. The van der Waals surface area contributed by atoms with Crippen molar-refractivity contribution in [2.75, 3.05) is 0 Å². The number of alkyl halides is 3. The van der Waals surface area contributed by atoms with Crippen LogP contribution in [0.25, 0.3) is 0 Å². The first-order chi connectivity index (χ1) is 11.4. The Hall–Kier alpha value is -2.83. The van der Waals surface area contributed by atoms with Crippen molar-refractivity contribution >= 4 is 12.0 Å². The number of carbonyl (C=O) groups excluding carboxylic acids is 1. The molecule has 0 atom stereocenters. The van der Waals surface area contributed by atoms with Gasteiger partial charge >= 0.3 is 6.36 Å². The van der Waals surface area contributed by atoms with Crippen LogP contribution in [0.5, 0.6) is 11.5 Å². The standard InChI is InChI=1S/C17H12F3NO3/c18-17(19,20)23-14-6-7-15-12(9-14)3-8-16(15)21-24-13-4-1-11(10-22)2-5-13/h1-2,4-7,9-10H,3,8H2. The Morgan fingerprint density at radius 1 is 1.00 bits per heavy atom. The van der Waals surface area contributed by atoms with Gasteiger partial charge in [0.1, 0.15) is 12.0 Å². The van der Waals surface area contributed by atoms with Crippen LogP contribution in [-0.2, 0) is 6.42 Å². The van der Waals surface area contributed by atoms with E-state index in [9.17, 15) is 18.0 Å². The zero-order chi connectivity index (χ0) is 17.2. The summed E-state index contributed by atoms with van der Waals surface area (Å²) in [5, 5.41) is 4.06. The lowest BCUT2D eigenvalue weighted by atomic mass is 10.1. The summed E-state index contributed by atoms with van der Waals surface area (Å²) in [5.41, 5.74) is 2.66. The molecule has 1 aliphatic carbocycles. The van der Waals surface area contributed by atoms with Gasteiger partial charge in [0.2, 0.25) is 0 Å². The summed E-state index contributed by atoms with van der Waals surface area (Å²) in [5.74, 6) is 0.228. The summed E-state index contributed by atoms with van der Waals surface area (Å²) in [6.07, 6.45) is -2.85. The summed E-state index contributed by atoms with van der Waals surface area (Å²) < 4.78 is 40.6. The highest BCUT2D eigenvalue weighted by atomic mass is 19.4. The van der Waals surface area contributed by atoms with Crippen LogP contribution in [0.2, 0.25) is 0 Å². The zero-order valence-electron chi connectivity index (χ0n) is 12.3. The Kier molecular flexibility index (Phi) is 4.24. The molecule has 124 valence electrons. The second-order valence-electron chi connectivity index (χ2n) is 5.18. The van der Waals surface area contributed by atoms with Gasteiger partial charge in [-0.15, -0.1) is 13.2 Å². The molecule has 0 saturated carbocycles. The number of aryl methyl sites for hydroxylation is 1. The lowest BCUT2D eigenvalue weighted by Gasteiger charge is -2.10. The molecular weight excluding hydrogens is 323 g/mol. The number of benzene rings is 2. The average molecular weight is 335 g/mol. The largest absolute Gasteiger partial charge is 0.573 e. The molecule has 0 radical (unpaired) electrons. The van der Waals surface area contributed by atoms with Gasteiger partial charge in [0, 0.05) is 11.1 Å². The maximum absolute atomic E-state index is 12.2. The van der Waals surface area contributed by atoms with E-state index in [1.807, 2.05) is 0 Å². The van der Waals surface area contributed by atoms with Gasteiger partial charge in [0.15, 0.2) is 5.75 Å². The molecule has 0 amide bonds. The number of nitrogens with zero attached hydrogens (tertiary/aromatic N) is 1. The first kappa shape index (κ1) is 16.0. The average Bonchev–Trinajstić information content (AvgIpc) is 2.94. The molecule has 0 aromatic heterocycles. The molecule has 0 aliphatic heterocycles. The van der Waals surface area contributed by atoms with Crippen molar-refractivity contribution in [2.45, 2.75) is 19.2 Å². The van der Waals surface area contributed by atoms with Crippen LogP contribution in [0.15, 0.2) is 47.6 Å². The minimum absolute atomic E-state index is 0.243. The monoisotopic (exact) mass is 335 g/mol. The molecule has 0 N–H and O–H groups in total. The number of aldehydes is 1. The predicted octanol–water partition coefficient (Wildman–Crippen LogP) is 4.13.